The summed E-state index contributed by atoms with van der Waals surface area (Å²) < 4.78 is 52.1. The summed E-state index contributed by atoms with van der Waals surface area (Å²) in [4.78, 5) is 3.75. The third kappa shape index (κ3) is 3.78. The number of alkyl halides is 3. The van der Waals surface area contributed by atoms with Gasteiger partial charge in [-0.15, -0.1) is 0 Å². The number of hydrogen-bond donors (Lipinski definition) is 0. The zero-order valence-corrected chi connectivity index (χ0v) is 16.4. The van der Waals surface area contributed by atoms with Crippen LogP contribution in [0.1, 0.15) is 44.5 Å². The minimum absolute atomic E-state index is 0.285. The summed E-state index contributed by atoms with van der Waals surface area (Å²) in [7, 11) is 1.20. The van der Waals surface area contributed by atoms with Crippen LogP contribution in [0.4, 0.5) is 13.2 Å². The number of halogens is 3. The van der Waals surface area contributed by atoms with Gasteiger partial charge in [-0.3, -0.25) is 0 Å². The standard InChI is InChI=1S/C19H24BF3N2O2/c1-12-9-13(16-24-15(11-25(16)6)19(21,22)23)7-8-14(12)10-20-26-17(2,3)18(4,5)27-20/h7-9,11H,10H2,1-6H3. The van der Waals surface area contributed by atoms with Crippen molar-refractivity contribution in [3.8, 4) is 11.4 Å². The van der Waals surface area contributed by atoms with Crippen molar-refractivity contribution >= 4 is 7.12 Å². The Bertz CT molecular complexity index is 843. The van der Waals surface area contributed by atoms with Gasteiger partial charge in [0, 0.05) is 25.1 Å². The van der Waals surface area contributed by atoms with E-state index in [-0.39, 0.29) is 12.9 Å². The predicted molar refractivity (Wildman–Crippen MR) is 98.2 cm³/mol. The topological polar surface area (TPSA) is 36.3 Å². The average Bonchev–Trinajstić information content (AvgIpc) is 2.98. The van der Waals surface area contributed by atoms with E-state index in [1.807, 2.05) is 46.8 Å². The lowest BCUT2D eigenvalue weighted by molar-refractivity contribution is -0.140. The molecule has 0 aliphatic carbocycles. The van der Waals surface area contributed by atoms with Gasteiger partial charge >= 0.3 is 13.3 Å². The molecular formula is C19H24BF3N2O2. The number of imidazole rings is 1. The largest absolute Gasteiger partial charge is 0.462 e. The molecule has 0 atom stereocenters. The summed E-state index contributed by atoms with van der Waals surface area (Å²) in [5, 5.41) is 0. The molecule has 4 nitrogen and oxygen atoms in total. The molecule has 2 aromatic rings. The van der Waals surface area contributed by atoms with Crippen LogP contribution in [0.5, 0.6) is 0 Å². The zero-order valence-electron chi connectivity index (χ0n) is 16.4. The summed E-state index contributed by atoms with van der Waals surface area (Å²) >= 11 is 0. The van der Waals surface area contributed by atoms with E-state index in [0.29, 0.717) is 11.9 Å². The van der Waals surface area contributed by atoms with E-state index in [1.54, 1.807) is 13.1 Å². The molecule has 0 N–H and O–H groups in total. The van der Waals surface area contributed by atoms with E-state index >= 15 is 0 Å². The molecule has 1 aromatic carbocycles. The molecule has 0 radical (unpaired) electrons. The first-order chi connectivity index (χ1) is 12.3. The van der Waals surface area contributed by atoms with Crippen LogP contribution in [-0.4, -0.2) is 27.9 Å². The van der Waals surface area contributed by atoms with Crippen LogP contribution < -0.4 is 0 Å². The Morgan fingerprint density at radius 2 is 1.70 bits per heavy atom. The van der Waals surface area contributed by atoms with Crippen molar-refractivity contribution < 1.29 is 22.5 Å². The fourth-order valence-electron chi connectivity index (χ4n) is 3.16. The fraction of sp³-hybridized carbons (Fsp3) is 0.526. The van der Waals surface area contributed by atoms with Gasteiger partial charge in [0.1, 0.15) is 5.82 Å². The Morgan fingerprint density at radius 1 is 1.11 bits per heavy atom. The molecule has 0 unspecified atom stereocenters. The Balaban J connectivity index is 1.82. The van der Waals surface area contributed by atoms with Crippen molar-refractivity contribution in [1.29, 1.82) is 0 Å². The first-order valence-corrected chi connectivity index (χ1v) is 8.86. The summed E-state index contributed by atoms with van der Waals surface area (Å²) in [6.45, 7) is 9.94. The smallest absolute Gasteiger partial charge is 0.403 e. The molecule has 27 heavy (non-hydrogen) atoms. The van der Waals surface area contributed by atoms with Crippen LogP contribution >= 0.6 is 0 Å². The molecule has 1 aliphatic rings. The summed E-state index contributed by atoms with van der Waals surface area (Å²) in [5.74, 6) is 0.285. The average molecular weight is 380 g/mol. The minimum atomic E-state index is -4.46. The van der Waals surface area contributed by atoms with E-state index in [2.05, 4.69) is 4.98 Å². The molecule has 3 rings (SSSR count). The summed E-state index contributed by atoms with van der Waals surface area (Å²) in [6, 6.07) is 5.54. The first-order valence-electron chi connectivity index (χ1n) is 8.86. The number of nitrogens with zero attached hydrogens (tertiary/aromatic N) is 2. The monoisotopic (exact) mass is 380 g/mol. The normalized spacial score (nSPS) is 18.9. The van der Waals surface area contributed by atoms with Crippen LogP contribution in [0, 0.1) is 6.92 Å². The third-order valence-electron chi connectivity index (χ3n) is 5.46. The molecule has 2 heterocycles. The number of hydrogen-bond acceptors (Lipinski definition) is 3. The Hall–Kier alpha value is -1.80. The van der Waals surface area contributed by atoms with Crippen LogP contribution in [0.3, 0.4) is 0 Å². The molecule has 1 aliphatic heterocycles. The molecule has 0 saturated carbocycles. The molecule has 146 valence electrons. The highest BCUT2D eigenvalue weighted by molar-refractivity contribution is 6.45. The second-order valence-corrected chi connectivity index (χ2v) is 8.09. The number of benzene rings is 1. The van der Waals surface area contributed by atoms with Crippen molar-refractivity contribution in [3.63, 3.8) is 0 Å². The first kappa shape index (κ1) is 20.0. The van der Waals surface area contributed by atoms with Gasteiger partial charge in [-0.1, -0.05) is 12.1 Å². The van der Waals surface area contributed by atoms with Gasteiger partial charge in [-0.05, 0) is 51.8 Å². The van der Waals surface area contributed by atoms with Gasteiger partial charge in [0.2, 0.25) is 0 Å². The Morgan fingerprint density at radius 3 is 2.19 bits per heavy atom. The summed E-state index contributed by atoms with van der Waals surface area (Å²) in [6.07, 6.45) is -2.88. The second kappa shape index (κ2) is 6.38. The Kier molecular flexibility index (Phi) is 4.71. The molecular weight excluding hydrogens is 356 g/mol. The van der Waals surface area contributed by atoms with Crippen LogP contribution in [0.15, 0.2) is 24.4 Å². The lowest BCUT2D eigenvalue weighted by atomic mass is 9.79. The zero-order chi connectivity index (χ0) is 20.2. The van der Waals surface area contributed by atoms with Gasteiger partial charge in [0.05, 0.1) is 11.2 Å². The second-order valence-electron chi connectivity index (χ2n) is 8.09. The van der Waals surface area contributed by atoms with E-state index in [9.17, 15) is 13.2 Å². The number of rotatable bonds is 3. The molecule has 1 saturated heterocycles. The Labute approximate surface area is 157 Å². The lowest BCUT2D eigenvalue weighted by Gasteiger charge is -2.32. The van der Waals surface area contributed by atoms with Crippen molar-refractivity contribution in [2.75, 3.05) is 0 Å². The molecule has 1 fully saturated rings. The maximum absolute atomic E-state index is 12.9. The van der Waals surface area contributed by atoms with Crippen LogP contribution in [-0.2, 0) is 28.9 Å². The lowest BCUT2D eigenvalue weighted by Crippen LogP contribution is -2.41. The third-order valence-corrected chi connectivity index (χ3v) is 5.46. The SMILES string of the molecule is Cc1cc(-c2nc(C(F)(F)F)cn2C)ccc1CB1OC(C)(C)C(C)(C)O1. The van der Waals surface area contributed by atoms with Crippen molar-refractivity contribution in [3.05, 3.63) is 41.2 Å². The van der Waals surface area contributed by atoms with E-state index in [1.165, 1.54) is 4.57 Å². The van der Waals surface area contributed by atoms with Gasteiger partial charge in [-0.25, -0.2) is 4.98 Å². The quantitative estimate of drug-likeness (QED) is 0.731. The van der Waals surface area contributed by atoms with E-state index in [0.717, 1.165) is 17.3 Å². The maximum Gasteiger partial charge on any atom is 0.462 e. The predicted octanol–water partition coefficient (Wildman–Crippen LogP) is 4.59. The van der Waals surface area contributed by atoms with Crippen molar-refractivity contribution in [1.82, 2.24) is 9.55 Å². The van der Waals surface area contributed by atoms with E-state index in [4.69, 9.17) is 9.31 Å². The van der Waals surface area contributed by atoms with Crippen molar-refractivity contribution in [2.45, 2.75) is 58.3 Å². The molecule has 0 bridgehead atoms. The van der Waals surface area contributed by atoms with Gasteiger partial charge in [0.25, 0.3) is 0 Å². The highest BCUT2D eigenvalue weighted by atomic mass is 19.4. The van der Waals surface area contributed by atoms with Crippen molar-refractivity contribution in [2.24, 2.45) is 7.05 Å². The fourth-order valence-corrected chi connectivity index (χ4v) is 3.16. The number of aryl methyl sites for hydroxylation is 2. The highest BCUT2D eigenvalue weighted by Gasteiger charge is 2.50. The van der Waals surface area contributed by atoms with Gasteiger partial charge in [0.15, 0.2) is 5.69 Å². The van der Waals surface area contributed by atoms with Gasteiger partial charge in [-0.2, -0.15) is 13.2 Å². The molecule has 0 spiro atoms. The van der Waals surface area contributed by atoms with Crippen LogP contribution in [0.25, 0.3) is 11.4 Å². The van der Waals surface area contributed by atoms with E-state index < -0.39 is 23.1 Å². The summed E-state index contributed by atoms with van der Waals surface area (Å²) in [5.41, 5.74) is 0.947. The molecule has 1 aromatic heterocycles. The van der Waals surface area contributed by atoms with Crippen LogP contribution in [0.2, 0.25) is 0 Å². The molecule has 0 amide bonds. The van der Waals surface area contributed by atoms with Gasteiger partial charge < -0.3 is 13.9 Å². The molecule has 8 heteroatoms. The number of aromatic nitrogens is 2. The minimum Gasteiger partial charge on any atom is -0.403 e. The highest BCUT2D eigenvalue weighted by Crippen LogP contribution is 2.38. The maximum atomic E-state index is 12.9.